The summed E-state index contributed by atoms with van der Waals surface area (Å²) in [5.74, 6) is -0.529. The Morgan fingerprint density at radius 1 is 0.433 bits per heavy atom. The summed E-state index contributed by atoms with van der Waals surface area (Å²) in [6.07, 6.45) is 14.3. The molecule has 0 bridgehead atoms. The number of carbonyl (C=O) groups excluding carboxylic acids is 10. The van der Waals surface area contributed by atoms with E-state index in [1.54, 1.807) is 160 Å². The van der Waals surface area contributed by atoms with Crippen molar-refractivity contribution in [1.29, 1.82) is 0 Å². The number of hydrogen-bond donors (Lipinski definition) is 3. The minimum Gasteiger partial charge on any atom is -0.467 e. The topological polar surface area (TPSA) is 268 Å². The quantitative estimate of drug-likeness (QED) is 0.0301. The number of carbonyl (C=O) groups is 7. The number of imide groups is 2. The van der Waals surface area contributed by atoms with Crippen LogP contribution in [0.5, 0.6) is 0 Å². The molecule has 10 amide bonds. The van der Waals surface area contributed by atoms with Gasteiger partial charge in [-0.15, -0.1) is 0 Å². The van der Waals surface area contributed by atoms with Gasteiger partial charge >= 0.3 is 36.2 Å². The molecule has 3 aliphatic heterocycles. The van der Waals surface area contributed by atoms with E-state index in [0.29, 0.717) is 120 Å². The first kappa shape index (κ1) is 106. The van der Waals surface area contributed by atoms with E-state index in [4.69, 9.17) is 85.5 Å². The summed E-state index contributed by atoms with van der Waals surface area (Å²) >= 11 is 43.2. The lowest BCUT2D eigenvalue weighted by molar-refractivity contribution is -0.191. The molecular formula is C108H93Br4Cl5N12O12. The second-order valence-corrected chi connectivity index (χ2v) is 40.4. The Hall–Kier alpha value is -12.6. The lowest BCUT2D eigenvalue weighted by Gasteiger charge is -2.52. The third-order valence-corrected chi connectivity index (χ3v) is 29.1. The highest BCUT2D eigenvalue weighted by Crippen LogP contribution is 2.60. The zero-order chi connectivity index (χ0) is 101. The molecule has 3 saturated heterocycles. The van der Waals surface area contributed by atoms with Gasteiger partial charge in [-0.1, -0.05) is 194 Å². The number of aryl methyl sites for hydroxylation is 2. The highest BCUT2D eigenvalue weighted by atomic mass is 79.9. The molecule has 1 atom stereocenters. The Morgan fingerprint density at radius 2 is 0.794 bits per heavy atom. The van der Waals surface area contributed by atoms with Gasteiger partial charge in [-0.25, -0.2) is 48.3 Å². The van der Waals surface area contributed by atoms with Crippen LogP contribution in [0.2, 0.25) is 25.1 Å². The monoisotopic (exact) mass is 2240 g/mol. The standard InChI is InChI=1S/C26H22ClN3O2.C19H14ClN3O2.C18H14BrClN2O2.C18H18BrClN2O.C12H14ClNO2.C7H4BrNO.C7H7Br.CO2/c1-18-5-3-6-19(17-18)26(32)25(15-4-16-25)29(22-11-7-20(27)8-12-22)24(31)30(26)23-13-9-21(28-2)10-14-23;1-21-14-5-9-15(10-6-14)22-17(24)19(11-2-12-19)23(18(22)25)16-7-3-13(20)4-8-16;19-12-2-6-14(7-3-12)21-16(23)18(10-1-11-18)22(17(21)24)15-8-4-13(20)5-9-15;1-18(11-2-12-18)22(16-9-5-14(20)6-10-16)17(23)21-15-7-3-13(19)4-8-15;1-16-11(15)12(7-2-8-12)14-10-5-3-9(13)4-6-10;8-6-1-3-7(4-2-6)9-5-10;1-6-3-2-4-7(8)5-6;2-1-3/h3,5-14,17,32H,4,15-16H2,1H3;3-10H,2,11-12H2;2-9H,1,10-11H2;3-10H,2,11-12H2,1H3,(H,21,23);3-6,14H,2,7-8H2,1H3;1-4H;2-5H,1H3;. The van der Waals surface area contributed by atoms with Crippen LogP contribution in [0, 0.1) is 27.0 Å². The van der Waals surface area contributed by atoms with Crippen LogP contribution < -0.4 is 44.9 Å². The van der Waals surface area contributed by atoms with E-state index in [0.717, 1.165) is 98.3 Å². The minimum absolute atomic E-state index is 0.114. The molecule has 3 heterocycles. The van der Waals surface area contributed by atoms with Crippen LogP contribution in [-0.2, 0) is 39.2 Å². The first-order valence-electron chi connectivity index (χ1n) is 44.8. The summed E-state index contributed by atoms with van der Waals surface area (Å²) in [6.45, 7) is 20.4. The molecule has 5 saturated carbocycles. The number of anilines is 9. The molecule has 8 fully saturated rings. The largest absolute Gasteiger partial charge is 0.467 e. The van der Waals surface area contributed by atoms with E-state index in [-0.39, 0.29) is 53.6 Å². The van der Waals surface area contributed by atoms with Crippen molar-refractivity contribution in [2.24, 2.45) is 4.99 Å². The summed E-state index contributed by atoms with van der Waals surface area (Å²) in [7, 11) is 1.42. The van der Waals surface area contributed by atoms with Crippen molar-refractivity contribution in [3.05, 3.63) is 374 Å². The number of nitrogens with one attached hydrogen (secondary N) is 2. The summed E-state index contributed by atoms with van der Waals surface area (Å²) in [4.78, 5) is 138. The second-order valence-electron chi connectivity index (χ2n) is 34.6. The number of methoxy groups -OCH3 is 1. The number of nitrogens with zero attached hydrogens (tertiary/aromatic N) is 10. The van der Waals surface area contributed by atoms with Gasteiger partial charge in [0, 0.05) is 93.9 Å². The maximum absolute atomic E-state index is 14.0. The molecule has 0 radical (unpaired) electrons. The van der Waals surface area contributed by atoms with Gasteiger partial charge in [0.25, 0.3) is 11.8 Å². The van der Waals surface area contributed by atoms with Crippen molar-refractivity contribution in [2.75, 3.05) is 52.0 Å². The number of esters is 1. The highest BCUT2D eigenvalue weighted by Gasteiger charge is 2.71. The van der Waals surface area contributed by atoms with Crippen LogP contribution in [-0.4, -0.2) is 94.1 Å². The van der Waals surface area contributed by atoms with E-state index in [9.17, 15) is 43.5 Å². The van der Waals surface area contributed by atoms with Crippen LogP contribution >= 0.6 is 122 Å². The summed E-state index contributed by atoms with van der Waals surface area (Å²) in [5, 5.41) is 21.9. The normalized spacial score (nSPS) is 17.1. The first-order valence-corrected chi connectivity index (χ1v) is 49.8. The van der Waals surface area contributed by atoms with Gasteiger partial charge in [0.2, 0.25) is 6.08 Å². The molecule has 24 nitrogen and oxygen atoms in total. The lowest BCUT2D eigenvalue weighted by atomic mass is 9.66. The third-order valence-electron chi connectivity index (χ3n) is 25.7. The Bertz CT molecular complexity index is 6690. The molecule has 8 aliphatic rings. The van der Waals surface area contributed by atoms with Crippen molar-refractivity contribution >= 4 is 244 Å². The van der Waals surface area contributed by atoms with Gasteiger partial charge < -0.3 is 20.5 Å². The van der Waals surface area contributed by atoms with E-state index >= 15 is 0 Å². The third kappa shape index (κ3) is 23.4. The number of benzene rings is 12. The molecule has 1 unspecified atom stereocenters. The van der Waals surface area contributed by atoms with Gasteiger partial charge in [-0.3, -0.25) is 34.1 Å². The number of aliphatic imine (C=N–C) groups is 1. The number of rotatable bonds is 14. The van der Waals surface area contributed by atoms with Crippen molar-refractivity contribution < 1.29 is 57.8 Å². The van der Waals surface area contributed by atoms with Crippen molar-refractivity contribution in [3.63, 3.8) is 0 Å². The maximum atomic E-state index is 14.0. The highest BCUT2D eigenvalue weighted by molar-refractivity contribution is 9.11. The maximum Gasteiger partial charge on any atom is 0.373 e. The van der Waals surface area contributed by atoms with Gasteiger partial charge in [0.1, 0.15) is 22.2 Å². The number of aliphatic hydroxyl groups is 1. The number of urea groups is 4. The first-order chi connectivity index (χ1) is 67.7. The molecule has 20 rings (SSSR count). The van der Waals surface area contributed by atoms with Crippen molar-refractivity contribution in [3.8, 4) is 0 Å². The SMILES string of the molecule is CC1(N(C(=O)Nc2ccc(Br)cc2)c2ccc(Cl)cc2)CCC1.COC(=O)C1(Nc2ccc(Cl)cc2)CCC1.Cc1cccc(Br)c1.O=C1N(c2ccc(Br)cc2)C(=O)C2(CCC2)N1c1ccc(Cl)cc1.O=C=Nc1ccc(Br)cc1.O=C=O.[C-]#[N+]c1ccc(N2C(=O)N(c3ccc(Cl)cc3)C3(CCC3)C2(O)c2cccc(C)c2)cc1.[C-]#[N+]c1ccc(N2C(=O)N(c3ccc(Cl)cc3)C3(CCC3)C2=O)cc1. The Kier molecular flexibility index (Phi) is 35.1. The van der Waals surface area contributed by atoms with Crippen LogP contribution in [0.15, 0.2) is 314 Å². The lowest BCUT2D eigenvalue weighted by Crippen LogP contribution is -2.63. The fourth-order valence-corrected chi connectivity index (χ4v) is 19.8. The summed E-state index contributed by atoms with van der Waals surface area (Å²) < 4.78 is 8.83. The Labute approximate surface area is 875 Å². The zero-order valence-corrected chi connectivity index (χ0v) is 86.8. The number of halogens is 9. The van der Waals surface area contributed by atoms with Crippen LogP contribution in [0.4, 0.5) is 87.4 Å². The molecule has 720 valence electrons. The number of amides is 10. The van der Waals surface area contributed by atoms with Gasteiger partial charge in [-0.2, -0.15) is 14.6 Å². The average molecular weight is 2250 g/mol. The van der Waals surface area contributed by atoms with E-state index in [1.807, 2.05) is 145 Å². The molecule has 5 aliphatic carbocycles. The van der Waals surface area contributed by atoms with Crippen molar-refractivity contribution in [1.82, 2.24) is 0 Å². The van der Waals surface area contributed by atoms with Crippen LogP contribution in [0.25, 0.3) is 9.69 Å². The second kappa shape index (κ2) is 46.9. The minimum atomic E-state index is -1.58. The smallest absolute Gasteiger partial charge is 0.373 e. The van der Waals surface area contributed by atoms with Crippen molar-refractivity contribution in [2.45, 2.75) is 151 Å². The fraction of sp³-hybridized carbons (Fsp3) is 0.231. The Morgan fingerprint density at radius 3 is 1.16 bits per heavy atom. The van der Waals surface area contributed by atoms with E-state index in [2.05, 4.69) is 115 Å². The molecular weight excluding hydrogens is 2150 g/mol. The molecule has 3 spiro atoms. The predicted octanol–water partition coefficient (Wildman–Crippen LogP) is 29.7. The summed E-state index contributed by atoms with van der Waals surface area (Å²) in [5.41, 5.74) is 6.18. The van der Waals surface area contributed by atoms with E-state index in [1.165, 1.54) is 33.5 Å². The van der Waals surface area contributed by atoms with Gasteiger partial charge in [0.05, 0.1) is 37.3 Å². The van der Waals surface area contributed by atoms with Crippen LogP contribution in [0.3, 0.4) is 0 Å². The van der Waals surface area contributed by atoms with Crippen LogP contribution in [0.1, 0.15) is 120 Å². The predicted molar refractivity (Wildman–Crippen MR) is 569 cm³/mol. The number of isocyanates is 1. The molecule has 12 aromatic rings. The number of ether oxygens (including phenoxy) is 1. The molecule has 0 aromatic heterocycles. The molecule has 33 heteroatoms. The summed E-state index contributed by atoms with van der Waals surface area (Å²) in [6, 6.07) is 86.0. The molecule has 3 N–H and O–H groups in total. The van der Waals surface area contributed by atoms with Gasteiger partial charge in [-0.05, 0) is 348 Å². The molecule has 12 aromatic carbocycles. The Balaban J connectivity index is 0.000000142. The molecule has 141 heavy (non-hydrogen) atoms. The average Bonchev–Trinajstić information content (AvgIpc) is 1.52. The fourth-order valence-electron chi connectivity index (χ4n) is 17.9. The zero-order valence-electron chi connectivity index (χ0n) is 76.6. The van der Waals surface area contributed by atoms with E-state index < -0.39 is 27.9 Å². The van der Waals surface area contributed by atoms with Gasteiger partial charge in [0.15, 0.2) is 17.1 Å². The number of hydrogen-bond acceptors (Lipinski definition) is 14.